The summed E-state index contributed by atoms with van der Waals surface area (Å²) in [5.41, 5.74) is 0.599. The van der Waals surface area contributed by atoms with Crippen LogP contribution in [-0.4, -0.2) is 43.1 Å². The minimum absolute atomic E-state index is 0.0744. The first-order chi connectivity index (χ1) is 12.8. The van der Waals surface area contributed by atoms with Crippen molar-refractivity contribution in [1.29, 1.82) is 0 Å². The number of alkyl halides is 2. The number of urea groups is 1. The first kappa shape index (κ1) is 20.6. The maximum absolute atomic E-state index is 13.8. The van der Waals surface area contributed by atoms with Gasteiger partial charge in [0.05, 0.1) is 19.4 Å². The Bertz CT molecular complexity index is 783. The Morgan fingerprint density at radius 2 is 2.04 bits per heavy atom. The maximum Gasteiger partial charge on any atom is 0.321 e. The number of aromatic nitrogens is 2. The number of hydrogen-bond acceptors (Lipinski definition) is 4. The zero-order valence-electron chi connectivity index (χ0n) is 15.1. The number of methoxy groups -OCH3 is 2. The molecule has 2 amide bonds. The molecule has 0 saturated heterocycles. The number of ether oxygens (including phenoxy) is 2. The van der Waals surface area contributed by atoms with E-state index in [1.165, 1.54) is 23.9 Å². The molecule has 0 fully saturated rings. The second-order valence-electron chi connectivity index (χ2n) is 5.69. The van der Waals surface area contributed by atoms with Gasteiger partial charge in [0.15, 0.2) is 11.6 Å². The maximum atomic E-state index is 13.8. The van der Waals surface area contributed by atoms with Crippen molar-refractivity contribution >= 4 is 11.8 Å². The predicted octanol–water partition coefficient (Wildman–Crippen LogP) is 2.88. The lowest BCUT2D eigenvalue weighted by Gasteiger charge is -2.19. The Morgan fingerprint density at radius 1 is 1.30 bits per heavy atom. The summed E-state index contributed by atoms with van der Waals surface area (Å²) in [6.07, 6.45) is -2.40. The summed E-state index contributed by atoms with van der Waals surface area (Å²) in [7, 11) is 4.43. The summed E-state index contributed by atoms with van der Waals surface area (Å²) in [5, 5.41) is 8.80. The van der Waals surface area contributed by atoms with Crippen LogP contribution < -0.4 is 15.4 Å². The van der Waals surface area contributed by atoms with E-state index < -0.39 is 24.3 Å². The molecular formula is C17H21F3N4O3. The first-order valence-corrected chi connectivity index (χ1v) is 8.06. The number of anilines is 1. The first-order valence-electron chi connectivity index (χ1n) is 8.06. The van der Waals surface area contributed by atoms with E-state index in [2.05, 4.69) is 15.7 Å². The molecular weight excluding hydrogens is 365 g/mol. The number of nitrogens with one attached hydrogen (secondary N) is 2. The van der Waals surface area contributed by atoms with Gasteiger partial charge in [0.1, 0.15) is 11.9 Å². The highest BCUT2D eigenvalue weighted by molar-refractivity contribution is 5.88. The molecule has 0 saturated carbocycles. The minimum Gasteiger partial charge on any atom is -0.494 e. The van der Waals surface area contributed by atoms with Crippen molar-refractivity contribution in [2.24, 2.45) is 7.05 Å². The minimum atomic E-state index is -2.94. The van der Waals surface area contributed by atoms with Crippen LogP contribution in [0.2, 0.25) is 0 Å². The standard InChI is InChI=1S/C17H21F3N4O3/c1-24-14(9-11(23-24)6-7-26-2)21-17(25)22-15(16(19)20)10-4-5-13(27-3)12(18)8-10/h4-5,8-9,15-16H,6-7H2,1-3H3,(H2,21,22,25)/t15-/m1/s1. The fourth-order valence-corrected chi connectivity index (χ4v) is 2.43. The van der Waals surface area contributed by atoms with E-state index in [0.29, 0.717) is 24.5 Å². The molecule has 2 N–H and O–H groups in total. The molecule has 27 heavy (non-hydrogen) atoms. The molecule has 0 spiro atoms. The molecule has 148 valence electrons. The van der Waals surface area contributed by atoms with Crippen molar-refractivity contribution in [2.45, 2.75) is 18.9 Å². The van der Waals surface area contributed by atoms with Gasteiger partial charge in [0.25, 0.3) is 6.43 Å². The lowest BCUT2D eigenvalue weighted by molar-refractivity contribution is 0.102. The van der Waals surface area contributed by atoms with Gasteiger partial charge in [0.2, 0.25) is 0 Å². The van der Waals surface area contributed by atoms with Gasteiger partial charge in [-0.25, -0.2) is 18.0 Å². The summed E-state index contributed by atoms with van der Waals surface area (Å²) in [6.45, 7) is 0.457. The van der Waals surface area contributed by atoms with Crippen LogP contribution in [0.15, 0.2) is 24.3 Å². The molecule has 10 heteroatoms. The zero-order chi connectivity index (χ0) is 20.0. The second-order valence-corrected chi connectivity index (χ2v) is 5.69. The van der Waals surface area contributed by atoms with Crippen LogP contribution in [0.1, 0.15) is 17.3 Å². The van der Waals surface area contributed by atoms with Crippen molar-refractivity contribution < 1.29 is 27.4 Å². The largest absolute Gasteiger partial charge is 0.494 e. The number of carbonyl (C=O) groups excluding carboxylic acids is 1. The van der Waals surface area contributed by atoms with Gasteiger partial charge in [-0.15, -0.1) is 0 Å². The molecule has 1 atom stereocenters. The fourth-order valence-electron chi connectivity index (χ4n) is 2.43. The summed E-state index contributed by atoms with van der Waals surface area (Å²) in [5.74, 6) is -0.542. The van der Waals surface area contributed by atoms with Gasteiger partial charge < -0.3 is 14.8 Å². The highest BCUT2D eigenvalue weighted by Crippen LogP contribution is 2.26. The molecule has 0 radical (unpaired) electrons. The van der Waals surface area contributed by atoms with Gasteiger partial charge in [-0.2, -0.15) is 5.10 Å². The number of hydrogen-bond donors (Lipinski definition) is 2. The van der Waals surface area contributed by atoms with Crippen LogP contribution in [-0.2, 0) is 18.2 Å². The molecule has 2 rings (SSSR count). The van der Waals surface area contributed by atoms with E-state index >= 15 is 0 Å². The van der Waals surface area contributed by atoms with Gasteiger partial charge in [0, 0.05) is 26.6 Å². The van der Waals surface area contributed by atoms with Crippen LogP contribution in [0.25, 0.3) is 0 Å². The van der Waals surface area contributed by atoms with Crippen LogP contribution in [0.4, 0.5) is 23.8 Å². The Morgan fingerprint density at radius 3 is 2.63 bits per heavy atom. The highest BCUT2D eigenvalue weighted by Gasteiger charge is 2.26. The number of benzene rings is 1. The molecule has 1 heterocycles. The number of amides is 2. The van der Waals surface area contributed by atoms with Crippen LogP contribution in [0, 0.1) is 5.82 Å². The summed E-state index contributed by atoms with van der Waals surface area (Å²) >= 11 is 0. The van der Waals surface area contributed by atoms with Gasteiger partial charge in [-0.05, 0) is 17.7 Å². The zero-order valence-corrected chi connectivity index (χ0v) is 15.1. The third-order valence-electron chi connectivity index (χ3n) is 3.81. The van der Waals surface area contributed by atoms with E-state index in [0.717, 1.165) is 6.07 Å². The topological polar surface area (TPSA) is 77.4 Å². The second kappa shape index (κ2) is 9.26. The van der Waals surface area contributed by atoms with E-state index in [4.69, 9.17) is 9.47 Å². The van der Waals surface area contributed by atoms with Gasteiger partial charge in [-0.3, -0.25) is 10.00 Å². The normalized spacial score (nSPS) is 12.1. The Labute approximate surface area is 154 Å². The number of nitrogens with zero attached hydrogens (tertiary/aromatic N) is 2. The van der Waals surface area contributed by atoms with Gasteiger partial charge >= 0.3 is 6.03 Å². The number of rotatable bonds is 8. The fraction of sp³-hybridized carbons (Fsp3) is 0.412. The molecule has 0 aliphatic heterocycles. The summed E-state index contributed by atoms with van der Waals surface area (Å²) in [6, 6.07) is 2.46. The molecule has 1 aromatic heterocycles. The van der Waals surface area contributed by atoms with Crippen LogP contribution >= 0.6 is 0 Å². The smallest absolute Gasteiger partial charge is 0.321 e. The van der Waals surface area contributed by atoms with Crippen LogP contribution in [0.5, 0.6) is 5.75 Å². The van der Waals surface area contributed by atoms with E-state index in [1.807, 2.05) is 0 Å². The quantitative estimate of drug-likeness (QED) is 0.731. The van der Waals surface area contributed by atoms with E-state index in [9.17, 15) is 18.0 Å². The monoisotopic (exact) mass is 386 g/mol. The molecule has 2 aromatic rings. The molecule has 0 bridgehead atoms. The highest BCUT2D eigenvalue weighted by atomic mass is 19.3. The third kappa shape index (κ3) is 5.36. The summed E-state index contributed by atoms with van der Waals surface area (Å²) in [4.78, 5) is 12.1. The lowest BCUT2D eigenvalue weighted by atomic mass is 10.1. The van der Waals surface area contributed by atoms with E-state index in [1.54, 1.807) is 20.2 Å². The predicted molar refractivity (Wildman–Crippen MR) is 92.6 cm³/mol. The lowest BCUT2D eigenvalue weighted by Crippen LogP contribution is -2.36. The molecule has 0 aliphatic rings. The molecule has 1 aromatic carbocycles. The van der Waals surface area contributed by atoms with Gasteiger partial charge in [-0.1, -0.05) is 6.07 Å². The van der Waals surface area contributed by atoms with E-state index in [-0.39, 0.29) is 11.3 Å². The molecule has 0 aliphatic carbocycles. The van der Waals surface area contributed by atoms with Crippen LogP contribution in [0.3, 0.4) is 0 Å². The van der Waals surface area contributed by atoms with Crippen molar-refractivity contribution in [1.82, 2.24) is 15.1 Å². The summed E-state index contributed by atoms with van der Waals surface area (Å²) < 4.78 is 51.7. The van der Waals surface area contributed by atoms with Crippen molar-refractivity contribution in [3.05, 3.63) is 41.3 Å². The number of aryl methyl sites for hydroxylation is 1. The Hall–Kier alpha value is -2.75. The third-order valence-corrected chi connectivity index (χ3v) is 3.81. The molecule has 0 unspecified atom stereocenters. The Balaban J connectivity index is 2.09. The molecule has 7 nitrogen and oxygen atoms in total. The van der Waals surface area contributed by atoms with Crippen molar-refractivity contribution in [3.8, 4) is 5.75 Å². The average molecular weight is 386 g/mol. The number of carbonyl (C=O) groups is 1. The van der Waals surface area contributed by atoms with Crippen molar-refractivity contribution in [3.63, 3.8) is 0 Å². The SMILES string of the molecule is COCCc1cc(NC(=O)N[C@H](c2ccc(OC)c(F)c2)C(F)F)n(C)n1. The Kier molecular flexibility index (Phi) is 7.05. The van der Waals surface area contributed by atoms with Crippen molar-refractivity contribution in [2.75, 3.05) is 26.1 Å². The number of halogens is 3. The average Bonchev–Trinajstić information content (AvgIpc) is 2.97.